The summed E-state index contributed by atoms with van der Waals surface area (Å²) >= 11 is 0. The zero-order chi connectivity index (χ0) is 23.1. The van der Waals surface area contributed by atoms with E-state index in [2.05, 4.69) is 135 Å². The molecule has 0 bridgehead atoms. The molecule has 0 radical (unpaired) electrons. The van der Waals surface area contributed by atoms with Crippen molar-refractivity contribution in [2.75, 3.05) is 0 Å². The SMILES string of the molecule is Cc1cc(C)cc(-c2ccc(-c3c4ccccc4c(-c4ccccc4)c4ccccc34)cc2)c1. The zero-order valence-electron chi connectivity index (χ0n) is 19.5. The smallest absolute Gasteiger partial charge is 0.00264 e. The van der Waals surface area contributed by atoms with Gasteiger partial charge in [0.1, 0.15) is 0 Å². The van der Waals surface area contributed by atoms with E-state index in [1.54, 1.807) is 0 Å². The van der Waals surface area contributed by atoms with Crippen LogP contribution in [-0.2, 0) is 0 Å². The molecule has 0 aliphatic rings. The van der Waals surface area contributed by atoms with Gasteiger partial charge in [-0.2, -0.15) is 0 Å². The Labute approximate surface area is 201 Å². The van der Waals surface area contributed by atoms with Crippen molar-refractivity contribution in [3.8, 4) is 33.4 Å². The van der Waals surface area contributed by atoms with E-state index in [-0.39, 0.29) is 0 Å². The van der Waals surface area contributed by atoms with Crippen molar-refractivity contribution < 1.29 is 0 Å². The Balaban J connectivity index is 1.61. The maximum atomic E-state index is 2.28. The van der Waals surface area contributed by atoms with Crippen LogP contribution in [0.1, 0.15) is 11.1 Å². The maximum absolute atomic E-state index is 2.28. The van der Waals surface area contributed by atoms with Gasteiger partial charge in [-0.1, -0.05) is 132 Å². The van der Waals surface area contributed by atoms with E-state index >= 15 is 0 Å². The molecule has 0 amide bonds. The van der Waals surface area contributed by atoms with Crippen molar-refractivity contribution in [2.24, 2.45) is 0 Å². The normalized spacial score (nSPS) is 11.2. The highest BCUT2D eigenvalue weighted by Gasteiger charge is 2.16. The Bertz CT molecular complexity index is 1560. The van der Waals surface area contributed by atoms with Crippen LogP contribution in [0.4, 0.5) is 0 Å². The fraction of sp³-hybridized carbons (Fsp3) is 0.0588. The Morgan fingerprint density at radius 1 is 0.324 bits per heavy atom. The molecule has 0 unspecified atom stereocenters. The second kappa shape index (κ2) is 8.32. The second-order valence-electron chi connectivity index (χ2n) is 9.16. The van der Waals surface area contributed by atoms with Gasteiger partial charge in [-0.3, -0.25) is 0 Å². The van der Waals surface area contributed by atoms with Crippen LogP contribution in [0.25, 0.3) is 54.9 Å². The lowest BCUT2D eigenvalue weighted by atomic mass is 9.85. The topological polar surface area (TPSA) is 0 Å². The van der Waals surface area contributed by atoms with Crippen molar-refractivity contribution in [3.63, 3.8) is 0 Å². The van der Waals surface area contributed by atoms with Crippen molar-refractivity contribution in [1.29, 1.82) is 0 Å². The molecule has 6 aromatic rings. The van der Waals surface area contributed by atoms with Crippen LogP contribution in [0.15, 0.2) is 121 Å². The molecule has 162 valence electrons. The van der Waals surface area contributed by atoms with Crippen LogP contribution >= 0.6 is 0 Å². The minimum absolute atomic E-state index is 1.25. The number of fused-ring (bicyclic) bond motifs is 2. The van der Waals surface area contributed by atoms with Gasteiger partial charge < -0.3 is 0 Å². The largest absolute Gasteiger partial charge is 0.0622 e. The van der Waals surface area contributed by atoms with E-state index < -0.39 is 0 Å². The summed E-state index contributed by atoms with van der Waals surface area (Å²) in [5, 5.41) is 5.17. The molecule has 0 aromatic heterocycles. The highest BCUT2D eigenvalue weighted by molar-refractivity contribution is 6.21. The number of rotatable bonds is 3. The van der Waals surface area contributed by atoms with E-state index in [1.165, 1.54) is 66.1 Å². The maximum Gasteiger partial charge on any atom is -0.00264 e. The molecule has 6 rings (SSSR count). The first kappa shape index (κ1) is 20.4. The first-order valence-corrected chi connectivity index (χ1v) is 11.9. The second-order valence-corrected chi connectivity index (χ2v) is 9.16. The summed E-state index contributed by atoms with van der Waals surface area (Å²) in [5.74, 6) is 0. The van der Waals surface area contributed by atoms with E-state index in [0.29, 0.717) is 0 Å². The lowest BCUT2D eigenvalue weighted by Gasteiger charge is -2.18. The quantitative estimate of drug-likeness (QED) is 0.243. The van der Waals surface area contributed by atoms with Crippen LogP contribution < -0.4 is 0 Å². The molecule has 0 atom stereocenters. The molecule has 0 heterocycles. The third kappa shape index (κ3) is 3.49. The fourth-order valence-electron chi connectivity index (χ4n) is 5.33. The lowest BCUT2D eigenvalue weighted by Crippen LogP contribution is -1.91. The number of hydrogen-bond acceptors (Lipinski definition) is 0. The Kier molecular flexibility index (Phi) is 5.00. The highest BCUT2D eigenvalue weighted by Crippen LogP contribution is 2.43. The Morgan fingerprint density at radius 3 is 1.18 bits per heavy atom. The molecular formula is C34H26. The minimum atomic E-state index is 1.25. The van der Waals surface area contributed by atoms with Gasteiger partial charge in [0.05, 0.1) is 0 Å². The van der Waals surface area contributed by atoms with Gasteiger partial charge in [-0.25, -0.2) is 0 Å². The van der Waals surface area contributed by atoms with E-state index in [1.807, 2.05) is 0 Å². The molecule has 0 saturated carbocycles. The van der Waals surface area contributed by atoms with Gasteiger partial charge in [-0.05, 0) is 68.8 Å². The molecule has 0 heteroatoms. The summed E-state index contributed by atoms with van der Waals surface area (Å²) in [6.45, 7) is 4.33. The molecule has 0 aliphatic heterocycles. The average Bonchev–Trinajstić information content (AvgIpc) is 2.87. The van der Waals surface area contributed by atoms with Crippen LogP contribution in [0.2, 0.25) is 0 Å². The summed E-state index contributed by atoms with van der Waals surface area (Å²) in [6.07, 6.45) is 0. The van der Waals surface area contributed by atoms with Gasteiger partial charge in [0.25, 0.3) is 0 Å². The fourth-order valence-corrected chi connectivity index (χ4v) is 5.33. The first-order valence-electron chi connectivity index (χ1n) is 11.9. The van der Waals surface area contributed by atoms with Crippen molar-refractivity contribution in [3.05, 3.63) is 132 Å². The third-order valence-electron chi connectivity index (χ3n) is 6.72. The standard InChI is InChI=1S/C34H26/c1-23-20-24(2)22-28(21-23)25-16-18-27(19-17-25)34-31-14-8-6-12-29(31)33(26-10-4-3-5-11-26)30-13-7-9-15-32(30)34/h3-22H,1-2H3. The molecule has 0 aliphatic carbocycles. The third-order valence-corrected chi connectivity index (χ3v) is 6.72. The van der Waals surface area contributed by atoms with Crippen molar-refractivity contribution >= 4 is 21.5 Å². The van der Waals surface area contributed by atoms with Gasteiger partial charge in [-0.15, -0.1) is 0 Å². The molecule has 0 nitrogen and oxygen atoms in total. The van der Waals surface area contributed by atoms with Crippen molar-refractivity contribution in [2.45, 2.75) is 13.8 Å². The number of hydrogen-bond donors (Lipinski definition) is 0. The van der Waals surface area contributed by atoms with E-state index in [0.717, 1.165) is 0 Å². The Morgan fingerprint density at radius 2 is 0.706 bits per heavy atom. The van der Waals surface area contributed by atoms with Crippen LogP contribution in [0.3, 0.4) is 0 Å². The predicted molar refractivity (Wildman–Crippen MR) is 147 cm³/mol. The Hall–Kier alpha value is -4.16. The summed E-state index contributed by atoms with van der Waals surface area (Å²) < 4.78 is 0. The summed E-state index contributed by atoms with van der Waals surface area (Å²) in [7, 11) is 0. The monoisotopic (exact) mass is 434 g/mol. The molecule has 6 aromatic carbocycles. The van der Waals surface area contributed by atoms with E-state index in [4.69, 9.17) is 0 Å². The predicted octanol–water partition coefficient (Wildman–Crippen LogP) is 9.61. The van der Waals surface area contributed by atoms with Gasteiger partial charge in [0, 0.05) is 0 Å². The molecule has 0 spiro atoms. The van der Waals surface area contributed by atoms with E-state index in [9.17, 15) is 0 Å². The highest BCUT2D eigenvalue weighted by atomic mass is 14.2. The van der Waals surface area contributed by atoms with Gasteiger partial charge >= 0.3 is 0 Å². The molecular weight excluding hydrogens is 408 g/mol. The number of aryl methyl sites for hydroxylation is 2. The minimum Gasteiger partial charge on any atom is -0.0622 e. The van der Waals surface area contributed by atoms with Crippen LogP contribution in [-0.4, -0.2) is 0 Å². The average molecular weight is 435 g/mol. The lowest BCUT2D eigenvalue weighted by molar-refractivity contribution is 1.38. The number of benzene rings is 6. The summed E-state index contributed by atoms with van der Waals surface area (Å²) in [6, 6.07) is 44.3. The van der Waals surface area contributed by atoms with Crippen LogP contribution in [0.5, 0.6) is 0 Å². The first-order chi connectivity index (χ1) is 16.7. The van der Waals surface area contributed by atoms with Gasteiger partial charge in [0.15, 0.2) is 0 Å². The molecule has 0 saturated heterocycles. The van der Waals surface area contributed by atoms with Crippen LogP contribution in [0, 0.1) is 13.8 Å². The van der Waals surface area contributed by atoms with Gasteiger partial charge in [0.2, 0.25) is 0 Å². The summed E-state index contributed by atoms with van der Waals surface area (Å²) in [4.78, 5) is 0. The molecule has 34 heavy (non-hydrogen) atoms. The van der Waals surface area contributed by atoms with Crippen molar-refractivity contribution in [1.82, 2.24) is 0 Å². The summed E-state index contributed by atoms with van der Waals surface area (Å²) in [5.41, 5.74) is 10.2. The molecule has 0 N–H and O–H groups in total. The zero-order valence-corrected chi connectivity index (χ0v) is 19.5. The molecule has 0 fully saturated rings.